The normalized spacial score (nSPS) is 10.8. The second-order valence-corrected chi connectivity index (χ2v) is 5.75. The van der Waals surface area contributed by atoms with Crippen LogP contribution >= 0.6 is 0 Å². The maximum absolute atomic E-state index is 12.7. The number of nitrogens with one attached hydrogen (secondary N) is 1. The Morgan fingerprint density at radius 1 is 1.16 bits per heavy atom. The molecule has 3 rings (SSSR count). The number of ether oxygens (including phenoxy) is 2. The summed E-state index contributed by atoms with van der Waals surface area (Å²) in [7, 11) is 3.07. The maximum atomic E-state index is 12.7. The molecule has 0 aliphatic heterocycles. The van der Waals surface area contributed by atoms with Gasteiger partial charge in [0, 0.05) is 5.69 Å². The van der Waals surface area contributed by atoms with Crippen LogP contribution in [0.3, 0.4) is 0 Å². The number of imidazole rings is 1. The Morgan fingerprint density at radius 2 is 1.88 bits per heavy atom. The highest BCUT2D eigenvalue weighted by Crippen LogP contribution is 2.28. The van der Waals surface area contributed by atoms with Gasteiger partial charge in [-0.1, -0.05) is 6.07 Å². The van der Waals surface area contributed by atoms with Gasteiger partial charge in [-0.25, -0.2) is 9.36 Å². The number of nitrogens with two attached hydrogens (primary N) is 1. The lowest BCUT2D eigenvalue weighted by Gasteiger charge is -2.09. The van der Waals surface area contributed by atoms with Crippen LogP contribution in [0.25, 0.3) is 11.0 Å². The molecule has 0 amide bonds. The SMILES string of the molecule is COc1ccc(CC(=O)n2c(=O)[nH]c3cc(C)c(N)cc32)cc1OC. The Hall–Kier alpha value is -3.22. The molecule has 25 heavy (non-hydrogen) atoms. The molecule has 7 nitrogen and oxygen atoms in total. The van der Waals surface area contributed by atoms with E-state index in [4.69, 9.17) is 15.2 Å². The Morgan fingerprint density at radius 3 is 2.56 bits per heavy atom. The number of carbonyl (C=O) groups excluding carboxylic acids is 1. The minimum absolute atomic E-state index is 0.0427. The third-order valence-electron chi connectivity index (χ3n) is 4.12. The molecule has 7 heteroatoms. The molecule has 1 aromatic heterocycles. The lowest BCUT2D eigenvalue weighted by Crippen LogP contribution is -2.25. The number of nitrogens with zero attached hydrogens (tertiary/aromatic N) is 1. The number of hydrogen-bond donors (Lipinski definition) is 2. The predicted molar refractivity (Wildman–Crippen MR) is 95.6 cm³/mol. The minimum Gasteiger partial charge on any atom is -0.493 e. The fourth-order valence-electron chi connectivity index (χ4n) is 2.77. The summed E-state index contributed by atoms with van der Waals surface area (Å²) in [4.78, 5) is 27.6. The quantitative estimate of drug-likeness (QED) is 0.708. The van der Waals surface area contributed by atoms with Gasteiger partial charge in [-0.05, 0) is 42.3 Å². The molecule has 0 aliphatic rings. The fraction of sp³-hybridized carbons (Fsp3) is 0.222. The zero-order valence-electron chi connectivity index (χ0n) is 14.3. The zero-order valence-corrected chi connectivity index (χ0v) is 14.3. The van der Waals surface area contributed by atoms with E-state index < -0.39 is 5.69 Å². The van der Waals surface area contributed by atoms with Crippen molar-refractivity contribution in [3.8, 4) is 11.5 Å². The van der Waals surface area contributed by atoms with E-state index in [0.29, 0.717) is 33.8 Å². The molecule has 0 bridgehead atoms. The first-order chi connectivity index (χ1) is 11.9. The second kappa shape index (κ2) is 6.35. The maximum Gasteiger partial charge on any atom is 0.333 e. The largest absolute Gasteiger partial charge is 0.493 e. The monoisotopic (exact) mass is 341 g/mol. The molecule has 3 aromatic rings. The number of aromatic amines is 1. The first-order valence-electron chi connectivity index (χ1n) is 7.69. The van der Waals surface area contributed by atoms with Crippen molar-refractivity contribution in [3.63, 3.8) is 0 Å². The van der Waals surface area contributed by atoms with Gasteiger partial charge in [0.25, 0.3) is 0 Å². The number of anilines is 1. The minimum atomic E-state index is -0.481. The molecule has 0 radical (unpaired) electrons. The molecule has 0 spiro atoms. The molecule has 0 saturated heterocycles. The fourth-order valence-corrected chi connectivity index (χ4v) is 2.77. The summed E-state index contributed by atoms with van der Waals surface area (Å²) < 4.78 is 11.5. The van der Waals surface area contributed by atoms with E-state index in [9.17, 15) is 9.59 Å². The molecule has 2 aromatic carbocycles. The van der Waals surface area contributed by atoms with Crippen LogP contribution in [0.4, 0.5) is 5.69 Å². The summed E-state index contributed by atoms with van der Waals surface area (Å²) >= 11 is 0. The van der Waals surface area contributed by atoms with E-state index in [-0.39, 0.29) is 12.3 Å². The lowest BCUT2D eigenvalue weighted by atomic mass is 10.1. The van der Waals surface area contributed by atoms with Crippen molar-refractivity contribution >= 4 is 22.6 Å². The molecule has 0 fully saturated rings. The van der Waals surface area contributed by atoms with Crippen LogP contribution in [0.5, 0.6) is 11.5 Å². The molecule has 1 heterocycles. The average molecular weight is 341 g/mol. The molecule has 0 unspecified atom stereocenters. The van der Waals surface area contributed by atoms with Crippen LogP contribution < -0.4 is 20.9 Å². The summed E-state index contributed by atoms with van der Waals surface area (Å²) in [6.45, 7) is 1.84. The van der Waals surface area contributed by atoms with Crippen molar-refractivity contribution in [1.29, 1.82) is 0 Å². The Bertz CT molecular complexity index is 1020. The molecule has 0 atom stereocenters. The topological polar surface area (TPSA) is 99.3 Å². The number of carbonyl (C=O) groups is 1. The zero-order chi connectivity index (χ0) is 18.1. The summed E-state index contributed by atoms with van der Waals surface area (Å²) in [6.07, 6.45) is 0.0427. The molecular formula is C18H19N3O4. The first-order valence-corrected chi connectivity index (χ1v) is 7.69. The number of hydrogen-bond acceptors (Lipinski definition) is 5. The van der Waals surface area contributed by atoms with Crippen molar-refractivity contribution in [1.82, 2.24) is 9.55 Å². The van der Waals surface area contributed by atoms with Gasteiger partial charge in [-0.3, -0.25) is 4.79 Å². The molecule has 3 N–H and O–H groups in total. The number of nitrogen functional groups attached to an aromatic ring is 1. The van der Waals surface area contributed by atoms with Gasteiger partial charge in [0.05, 0.1) is 31.7 Å². The summed E-state index contributed by atoms with van der Waals surface area (Å²) in [6, 6.07) is 8.59. The second-order valence-electron chi connectivity index (χ2n) is 5.75. The number of H-pyrrole nitrogens is 1. The van der Waals surface area contributed by atoms with E-state index in [2.05, 4.69) is 4.98 Å². The molecular weight excluding hydrogens is 322 g/mol. The standard InChI is InChI=1S/C18H19N3O4/c1-10-6-13-14(9-12(10)19)21(18(23)20-13)17(22)8-11-4-5-15(24-2)16(7-11)25-3/h4-7,9H,8,19H2,1-3H3,(H,20,23). The van der Waals surface area contributed by atoms with Gasteiger partial charge in [-0.15, -0.1) is 0 Å². The van der Waals surface area contributed by atoms with Crippen LogP contribution in [0.1, 0.15) is 15.9 Å². The van der Waals surface area contributed by atoms with Crippen LogP contribution in [0.2, 0.25) is 0 Å². The number of benzene rings is 2. The van der Waals surface area contributed by atoms with Crippen LogP contribution in [-0.2, 0) is 6.42 Å². The third-order valence-corrected chi connectivity index (χ3v) is 4.12. The smallest absolute Gasteiger partial charge is 0.333 e. The van der Waals surface area contributed by atoms with Crippen molar-refractivity contribution in [3.05, 3.63) is 51.9 Å². The highest BCUT2D eigenvalue weighted by Gasteiger charge is 2.16. The predicted octanol–water partition coefficient (Wildman–Crippen LogP) is 2.12. The number of methoxy groups -OCH3 is 2. The van der Waals surface area contributed by atoms with Gasteiger partial charge < -0.3 is 20.2 Å². The van der Waals surface area contributed by atoms with Crippen molar-refractivity contribution < 1.29 is 14.3 Å². The van der Waals surface area contributed by atoms with Crippen LogP contribution in [-0.4, -0.2) is 29.7 Å². The van der Waals surface area contributed by atoms with E-state index in [1.807, 2.05) is 6.92 Å². The number of aryl methyl sites for hydroxylation is 1. The van der Waals surface area contributed by atoms with Gasteiger partial charge in [0.15, 0.2) is 11.5 Å². The molecule has 0 saturated carbocycles. The first kappa shape index (κ1) is 16.6. The van der Waals surface area contributed by atoms with E-state index in [1.54, 1.807) is 37.4 Å². The van der Waals surface area contributed by atoms with Crippen LogP contribution in [0.15, 0.2) is 35.1 Å². The highest BCUT2D eigenvalue weighted by molar-refractivity contribution is 5.93. The third kappa shape index (κ3) is 2.96. The number of fused-ring (bicyclic) bond motifs is 1. The van der Waals surface area contributed by atoms with Gasteiger partial charge in [0.2, 0.25) is 5.91 Å². The molecule has 0 aliphatic carbocycles. The Balaban J connectivity index is 1.99. The van der Waals surface area contributed by atoms with Crippen molar-refractivity contribution in [2.24, 2.45) is 0 Å². The van der Waals surface area contributed by atoms with E-state index in [0.717, 1.165) is 10.1 Å². The van der Waals surface area contributed by atoms with Crippen LogP contribution in [0, 0.1) is 6.92 Å². The van der Waals surface area contributed by atoms with Crippen molar-refractivity contribution in [2.75, 3.05) is 20.0 Å². The van der Waals surface area contributed by atoms with Crippen molar-refractivity contribution in [2.45, 2.75) is 13.3 Å². The Kier molecular flexibility index (Phi) is 4.22. The lowest BCUT2D eigenvalue weighted by molar-refractivity contribution is 0.0915. The summed E-state index contributed by atoms with van der Waals surface area (Å²) in [5, 5.41) is 0. The number of aromatic nitrogens is 2. The summed E-state index contributed by atoms with van der Waals surface area (Å²) in [5.41, 5.74) is 8.57. The van der Waals surface area contributed by atoms with Gasteiger partial charge in [0.1, 0.15) is 0 Å². The van der Waals surface area contributed by atoms with Gasteiger partial charge >= 0.3 is 5.69 Å². The highest BCUT2D eigenvalue weighted by atomic mass is 16.5. The average Bonchev–Trinajstić information content (AvgIpc) is 2.90. The summed E-state index contributed by atoms with van der Waals surface area (Å²) in [5.74, 6) is 0.747. The van der Waals surface area contributed by atoms with E-state index in [1.165, 1.54) is 7.11 Å². The van der Waals surface area contributed by atoms with Gasteiger partial charge in [-0.2, -0.15) is 0 Å². The number of rotatable bonds is 4. The Labute approximate surface area is 144 Å². The molecule has 130 valence electrons. The van der Waals surface area contributed by atoms with E-state index >= 15 is 0 Å².